The molecule has 0 aromatic heterocycles. The molecule has 0 atom stereocenters. The Bertz CT molecular complexity index is 90.7. The Balaban J connectivity index is 0. The van der Waals surface area contributed by atoms with Gasteiger partial charge in [-0.25, -0.2) is 0 Å². The summed E-state index contributed by atoms with van der Waals surface area (Å²) in [5.74, 6) is 0. The van der Waals surface area contributed by atoms with Gasteiger partial charge in [-0.2, -0.15) is 0 Å². The normalized spacial score (nSPS) is 9.67. The van der Waals surface area contributed by atoms with E-state index in [-0.39, 0.29) is 29.6 Å². The molecule has 0 rings (SSSR count). The van der Waals surface area contributed by atoms with Crippen LogP contribution in [0.3, 0.4) is 0 Å². The van der Waals surface area contributed by atoms with E-state index in [4.69, 9.17) is 14.3 Å². The van der Waals surface area contributed by atoms with Gasteiger partial charge in [0.05, 0.1) is 0 Å². The van der Waals surface area contributed by atoms with E-state index in [0.717, 1.165) is 0 Å². The van der Waals surface area contributed by atoms with Crippen LogP contribution in [0.15, 0.2) is 0 Å². The van der Waals surface area contributed by atoms with Crippen molar-refractivity contribution >= 4 is 0 Å². The van der Waals surface area contributed by atoms with Crippen molar-refractivity contribution in [3.63, 3.8) is 0 Å². The van der Waals surface area contributed by atoms with E-state index in [1.807, 2.05) is 0 Å². The molecular formula is HMoNaO4. The number of hydrogen-bond donors (Lipinski definition) is 1. The van der Waals surface area contributed by atoms with Gasteiger partial charge in [0.2, 0.25) is 0 Å². The maximum absolute atomic E-state index is 8.74. The molecule has 0 aromatic carbocycles. The molecule has 0 unspecified atom stereocenters. The molecule has 0 saturated heterocycles. The Kier molecular flexibility index (Phi) is 5.53. The Morgan fingerprint density at radius 2 is 1.50 bits per heavy atom. The average Bonchev–Trinajstić information content (AvgIpc) is 0.722. The molecule has 0 radical (unpaired) electrons. The fourth-order valence-electron chi connectivity index (χ4n) is 0. The topological polar surface area (TPSA) is 77.4 Å². The summed E-state index contributed by atoms with van der Waals surface area (Å²) in [5, 5.41) is 0. The molecule has 0 spiro atoms. The minimum atomic E-state index is -5.77. The monoisotopic (exact) mass is 186 g/mol. The molecular weight excluding hydrogens is 183 g/mol. The molecule has 1 N–H and O–H groups in total. The zero-order valence-corrected chi connectivity index (χ0v) is 7.09. The first-order valence-corrected chi connectivity index (χ1v) is 4.04. The standard InChI is InChI=1S/Mo.Na.H2O.3O/h;;1H2;;;/q2*+1;;;;-1/p-1. The average molecular weight is 184 g/mol. The molecule has 4 nitrogen and oxygen atoms in total. The third-order valence-electron chi connectivity index (χ3n) is 0. The van der Waals surface area contributed by atoms with Crippen LogP contribution in [0.2, 0.25) is 0 Å². The van der Waals surface area contributed by atoms with E-state index in [2.05, 4.69) is 0 Å². The molecule has 0 saturated carbocycles. The molecule has 6 heteroatoms. The molecule has 0 bridgehead atoms. The summed E-state index contributed by atoms with van der Waals surface area (Å²) in [6.07, 6.45) is 0. The third-order valence-corrected chi connectivity index (χ3v) is 0. The van der Waals surface area contributed by atoms with Crippen LogP contribution < -0.4 is 33.3 Å². The van der Waals surface area contributed by atoms with Crippen molar-refractivity contribution in [3.05, 3.63) is 0 Å². The second kappa shape index (κ2) is 3.24. The summed E-state index contributed by atoms with van der Waals surface area (Å²) < 4.78 is 33.3. The molecule has 0 aliphatic heterocycles. The van der Waals surface area contributed by atoms with Crippen molar-refractivity contribution in [2.24, 2.45) is 0 Å². The van der Waals surface area contributed by atoms with Crippen molar-refractivity contribution in [3.8, 4) is 0 Å². The second-order valence-corrected chi connectivity index (χ2v) is 2.53. The first kappa shape index (κ1) is 10.2. The van der Waals surface area contributed by atoms with Crippen molar-refractivity contribution in [1.82, 2.24) is 0 Å². The molecule has 0 aromatic rings. The van der Waals surface area contributed by atoms with Gasteiger partial charge in [-0.15, -0.1) is 0 Å². The Morgan fingerprint density at radius 1 is 1.50 bits per heavy atom. The van der Waals surface area contributed by atoms with Crippen molar-refractivity contribution < 1.29 is 60.6 Å². The van der Waals surface area contributed by atoms with Gasteiger partial charge < -0.3 is 0 Å². The molecule has 0 heterocycles. The van der Waals surface area contributed by atoms with E-state index in [1.54, 1.807) is 0 Å². The zero-order chi connectivity index (χ0) is 4.50. The number of hydrogen-bond acceptors (Lipinski definition) is 3. The zero-order valence-electron chi connectivity index (χ0n) is 3.08. The van der Waals surface area contributed by atoms with Crippen LogP contribution in [-0.4, -0.2) is 3.76 Å². The third kappa shape index (κ3) is 63.2. The van der Waals surface area contributed by atoms with Crippen molar-refractivity contribution in [2.75, 3.05) is 0 Å². The Morgan fingerprint density at radius 3 is 1.50 bits per heavy atom. The molecule has 0 aliphatic carbocycles. The van der Waals surface area contributed by atoms with Gasteiger partial charge in [-0.3, -0.25) is 0 Å². The SMILES string of the molecule is [Na+].[O]=[Mo](=[O])([O-])[OH]. The minimum absolute atomic E-state index is 0. The first-order chi connectivity index (χ1) is 2.00. The van der Waals surface area contributed by atoms with E-state index in [0.29, 0.717) is 0 Å². The van der Waals surface area contributed by atoms with Gasteiger partial charge >= 0.3 is 60.6 Å². The van der Waals surface area contributed by atoms with Crippen LogP contribution in [0.4, 0.5) is 0 Å². The molecule has 0 amide bonds. The first-order valence-electron chi connectivity index (χ1n) is 0.683. The fraction of sp³-hybridized carbons (Fsp3) is 0. The fourth-order valence-corrected chi connectivity index (χ4v) is 0. The summed E-state index contributed by atoms with van der Waals surface area (Å²) in [6.45, 7) is 0. The van der Waals surface area contributed by atoms with E-state index in [1.165, 1.54) is 0 Å². The van der Waals surface area contributed by atoms with Crippen LogP contribution in [0.5, 0.6) is 0 Å². The number of rotatable bonds is 0. The van der Waals surface area contributed by atoms with Crippen LogP contribution in [-0.2, 0) is 23.5 Å². The molecule has 32 valence electrons. The van der Waals surface area contributed by atoms with Crippen LogP contribution in [0.1, 0.15) is 0 Å². The maximum atomic E-state index is 8.74. The quantitative estimate of drug-likeness (QED) is 0.382. The Labute approximate surface area is 60.2 Å². The summed E-state index contributed by atoms with van der Waals surface area (Å²) >= 11 is -5.77. The summed E-state index contributed by atoms with van der Waals surface area (Å²) in [5.41, 5.74) is 0. The van der Waals surface area contributed by atoms with Crippen molar-refractivity contribution in [1.29, 1.82) is 0 Å². The molecule has 0 aliphatic rings. The van der Waals surface area contributed by atoms with Gasteiger partial charge in [0.25, 0.3) is 0 Å². The molecule has 0 fully saturated rings. The second-order valence-electron chi connectivity index (χ2n) is 0.428. The Hall–Kier alpha value is 1.21. The predicted molar refractivity (Wildman–Crippen MR) is 3.59 cm³/mol. The van der Waals surface area contributed by atoms with E-state index < -0.39 is 16.7 Å². The summed E-state index contributed by atoms with van der Waals surface area (Å²) in [7, 11) is 0. The predicted octanol–water partition coefficient (Wildman–Crippen LogP) is -4.98. The van der Waals surface area contributed by atoms with Crippen LogP contribution in [0, 0.1) is 0 Å². The van der Waals surface area contributed by atoms with Gasteiger partial charge in [-0.05, 0) is 0 Å². The summed E-state index contributed by atoms with van der Waals surface area (Å²) in [4.78, 5) is 0. The van der Waals surface area contributed by atoms with Gasteiger partial charge in [0.1, 0.15) is 0 Å². The summed E-state index contributed by atoms with van der Waals surface area (Å²) in [6, 6.07) is 0. The van der Waals surface area contributed by atoms with Gasteiger partial charge in [0, 0.05) is 0 Å². The van der Waals surface area contributed by atoms with Crippen LogP contribution in [0.25, 0.3) is 0 Å². The van der Waals surface area contributed by atoms with Crippen LogP contribution >= 0.6 is 0 Å². The van der Waals surface area contributed by atoms with Crippen molar-refractivity contribution in [2.45, 2.75) is 0 Å². The van der Waals surface area contributed by atoms with E-state index in [9.17, 15) is 0 Å². The van der Waals surface area contributed by atoms with E-state index >= 15 is 0 Å². The van der Waals surface area contributed by atoms with Gasteiger partial charge in [-0.1, -0.05) is 0 Å². The van der Waals surface area contributed by atoms with Gasteiger partial charge in [0.15, 0.2) is 0 Å². The molecule has 6 heavy (non-hydrogen) atoms.